The fourth-order valence-electron chi connectivity index (χ4n) is 3.74. The summed E-state index contributed by atoms with van der Waals surface area (Å²) in [5, 5.41) is 6.45. The lowest BCUT2D eigenvalue weighted by Crippen LogP contribution is -2.37. The molecule has 2 aromatic heterocycles. The standard InChI is InChI=1S/C25H28ClFN6O3/c1-2-36-24(34)18-12-17(14-28-15-18)20-16-30-25(31-19-4-5-22(27)21(26)13-19)32-23(20)29-6-3-7-33-8-10-35-11-9-33/h4-5,12-16H,2-3,6-11H2,1H3,(H2,29,30,31,32). The summed E-state index contributed by atoms with van der Waals surface area (Å²) in [5.41, 5.74) is 2.25. The van der Waals surface area contributed by atoms with E-state index in [0.29, 0.717) is 40.7 Å². The molecule has 3 aromatic rings. The van der Waals surface area contributed by atoms with Crippen LogP contribution in [0.4, 0.5) is 21.8 Å². The predicted octanol–water partition coefficient (Wildman–Crippen LogP) is 4.39. The lowest BCUT2D eigenvalue weighted by Gasteiger charge is -2.26. The summed E-state index contributed by atoms with van der Waals surface area (Å²) in [6.45, 7) is 7.02. The molecule has 190 valence electrons. The van der Waals surface area contributed by atoms with Crippen LogP contribution in [0.3, 0.4) is 0 Å². The van der Waals surface area contributed by atoms with Crippen molar-refractivity contribution in [2.45, 2.75) is 13.3 Å². The number of morpholine rings is 1. The normalized spacial score (nSPS) is 13.9. The van der Waals surface area contributed by atoms with Crippen molar-refractivity contribution < 1.29 is 18.7 Å². The number of pyridine rings is 1. The number of benzene rings is 1. The Labute approximate surface area is 214 Å². The van der Waals surface area contributed by atoms with Gasteiger partial charge in [-0.05, 0) is 44.2 Å². The van der Waals surface area contributed by atoms with Crippen LogP contribution in [0.1, 0.15) is 23.7 Å². The molecule has 1 saturated heterocycles. The molecule has 0 radical (unpaired) electrons. The quantitative estimate of drug-likeness (QED) is 0.301. The number of rotatable bonds is 10. The molecule has 1 aliphatic rings. The van der Waals surface area contributed by atoms with Gasteiger partial charge in [-0.25, -0.2) is 14.2 Å². The van der Waals surface area contributed by atoms with E-state index in [-0.39, 0.29) is 11.6 Å². The van der Waals surface area contributed by atoms with Crippen molar-refractivity contribution in [1.29, 1.82) is 0 Å². The summed E-state index contributed by atoms with van der Waals surface area (Å²) in [5.74, 6) is -0.0635. The second kappa shape index (κ2) is 12.6. The first-order valence-corrected chi connectivity index (χ1v) is 12.2. The van der Waals surface area contributed by atoms with Crippen LogP contribution in [-0.4, -0.2) is 71.8 Å². The van der Waals surface area contributed by atoms with Crippen molar-refractivity contribution in [2.24, 2.45) is 0 Å². The third kappa shape index (κ3) is 6.87. The Morgan fingerprint density at radius 3 is 2.83 bits per heavy atom. The highest BCUT2D eigenvalue weighted by molar-refractivity contribution is 6.31. The molecule has 0 bridgehead atoms. The summed E-state index contributed by atoms with van der Waals surface area (Å²) in [6.07, 6.45) is 5.66. The fraction of sp³-hybridized carbons (Fsp3) is 0.360. The van der Waals surface area contributed by atoms with Crippen molar-refractivity contribution in [3.8, 4) is 11.1 Å². The SMILES string of the molecule is CCOC(=O)c1cncc(-c2cnc(Nc3ccc(F)c(Cl)c3)nc2NCCCN2CCOCC2)c1. The molecule has 36 heavy (non-hydrogen) atoms. The number of ether oxygens (including phenoxy) is 2. The number of hydrogen-bond acceptors (Lipinski definition) is 9. The Bertz CT molecular complexity index is 1190. The van der Waals surface area contributed by atoms with Crippen LogP contribution in [-0.2, 0) is 9.47 Å². The molecule has 0 amide bonds. The number of halogens is 2. The number of aromatic nitrogens is 3. The van der Waals surface area contributed by atoms with Gasteiger partial charge in [-0.2, -0.15) is 4.98 Å². The lowest BCUT2D eigenvalue weighted by atomic mass is 10.1. The molecule has 1 fully saturated rings. The first-order valence-electron chi connectivity index (χ1n) is 11.8. The highest BCUT2D eigenvalue weighted by Gasteiger charge is 2.15. The van der Waals surface area contributed by atoms with Gasteiger partial charge in [0.2, 0.25) is 5.95 Å². The number of nitrogens with zero attached hydrogens (tertiary/aromatic N) is 4. The number of hydrogen-bond donors (Lipinski definition) is 2. The van der Waals surface area contributed by atoms with Gasteiger partial charge in [0.25, 0.3) is 0 Å². The van der Waals surface area contributed by atoms with Crippen LogP contribution in [0.5, 0.6) is 0 Å². The number of carbonyl (C=O) groups is 1. The van der Waals surface area contributed by atoms with Crippen molar-refractivity contribution in [1.82, 2.24) is 19.9 Å². The first-order chi connectivity index (χ1) is 17.5. The molecule has 0 atom stereocenters. The lowest BCUT2D eigenvalue weighted by molar-refractivity contribution is 0.0378. The molecule has 1 aliphatic heterocycles. The highest BCUT2D eigenvalue weighted by atomic mass is 35.5. The van der Waals surface area contributed by atoms with Crippen LogP contribution in [0, 0.1) is 5.82 Å². The summed E-state index contributed by atoms with van der Waals surface area (Å²) in [6, 6.07) is 6.00. The van der Waals surface area contributed by atoms with Gasteiger partial charge in [-0.15, -0.1) is 0 Å². The molecule has 0 spiro atoms. The molecule has 4 rings (SSSR count). The molecule has 3 heterocycles. The monoisotopic (exact) mass is 514 g/mol. The maximum absolute atomic E-state index is 13.5. The van der Waals surface area contributed by atoms with E-state index in [1.165, 1.54) is 18.3 Å². The van der Waals surface area contributed by atoms with E-state index < -0.39 is 11.8 Å². The second-order valence-corrected chi connectivity index (χ2v) is 8.53. The number of anilines is 3. The Balaban J connectivity index is 1.55. The van der Waals surface area contributed by atoms with Crippen molar-refractivity contribution in [3.63, 3.8) is 0 Å². The number of esters is 1. The first kappa shape index (κ1) is 25.7. The van der Waals surface area contributed by atoms with Crippen molar-refractivity contribution in [3.05, 3.63) is 59.3 Å². The molecule has 11 heteroatoms. The molecular weight excluding hydrogens is 487 g/mol. The smallest absolute Gasteiger partial charge is 0.339 e. The minimum Gasteiger partial charge on any atom is -0.462 e. The molecule has 9 nitrogen and oxygen atoms in total. The van der Waals surface area contributed by atoms with Crippen LogP contribution >= 0.6 is 11.6 Å². The van der Waals surface area contributed by atoms with Crippen molar-refractivity contribution >= 4 is 35.0 Å². The maximum atomic E-state index is 13.5. The van der Waals surface area contributed by atoms with Crippen LogP contribution in [0.15, 0.2) is 42.9 Å². The van der Waals surface area contributed by atoms with Gasteiger partial charge < -0.3 is 20.1 Å². The molecule has 0 unspecified atom stereocenters. The van der Waals surface area contributed by atoms with Gasteiger partial charge in [-0.1, -0.05) is 11.6 Å². The maximum Gasteiger partial charge on any atom is 0.339 e. The summed E-state index contributed by atoms with van der Waals surface area (Å²) < 4.78 is 24.0. The Hall–Kier alpha value is -3.34. The van der Waals surface area contributed by atoms with Gasteiger partial charge in [0.05, 0.1) is 30.4 Å². The van der Waals surface area contributed by atoms with E-state index in [1.807, 2.05) is 0 Å². The van der Waals surface area contributed by atoms with Crippen LogP contribution in [0.2, 0.25) is 5.02 Å². The van der Waals surface area contributed by atoms with Crippen LogP contribution in [0.25, 0.3) is 11.1 Å². The van der Waals surface area contributed by atoms with E-state index >= 15 is 0 Å². The molecule has 2 N–H and O–H groups in total. The highest BCUT2D eigenvalue weighted by Crippen LogP contribution is 2.28. The Morgan fingerprint density at radius 1 is 1.22 bits per heavy atom. The van der Waals surface area contributed by atoms with Gasteiger partial charge in [0.1, 0.15) is 11.6 Å². The average molecular weight is 515 g/mol. The zero-order valence-corrected chi connectivity index (χ0v) is 20.7. The number of carbonyl (C=O) groups excluding carboxylic acids is 1. The molecule has 0 saturated carbocycles. The summed E-state index contributed by atoms with van der Waals surface area (Å²) >= 11 is 5.90. The van der Waals surface area contributed by atoms with E-state index in [4.69, 9.17) is 21.1 Å². The topological polar surface area (TPSA) is 102 Å². The molecule has 1 aromatic carbocycles. The van der Waals surface area contributed by atoms with Crippen molar-refractivity contribution in [2.75, 3.05) is 56.6 Å². The Morgan fingerprint density at radius 2 is 2.06 bits per heavy atom. The van der Waals surface area contributed by atoms with E-state index in [0.717, 1.165) is 39.3 Å². The number of nitrogens with one attached hydrogen (secondary N) is 2. The van der Waals surface area contributed by atoms with E-state index in [2.05, 4.69) is 30.5 Å². The minimum atomic E-state index is -0.505. The molecule has 0 aliphatic carbocycles. The second-order valence-electron chi connectivity index (χ2n) is 8.13. The third-order valence-electron chi connectivity index (χ3n) is 5.57. The third-order valence-corrected chi connectivity index (χ3v) is 5.86. The largest absolute Gasteiger partial charge is 0.462 e. The zero-order valence-electron chi connectivity index (χ0n) is 20.0. The average Bonchev–Trinajstić information content (AvgIpc) is 2.90. The van der Waals surface area contributed by atoms with Gasteiger partial charge in [-0.3, -0.25) is 9.88 Å². The fourth-order valence-corrected chi connectivity index (χ4v) is 3.92. The zero-order chi connectivity index (χ0) is 25.3. The predicted molar refractivity (Wildman–Crippen MR) is 136 cm³/mol. The van der Waals surface area contributed by atoms with Gasteiger partial charge >= 0.3 is 5.97 Å². The summed E-state index contributed by atoms with van der Waals surface area (Å²) in [7, 11) is 0. The van der Waals surface area contributed by atoms with E-state index in [9.17, 15) is 9.18 Å². The Kier molecular flexibility index (Phi) is 8.99. The van der Waals surface area contributed by atoms with Gasteiger partial charge in [0.15, 0.2) is 0 Å². The van der Waals surface area contributed by atoms with E-state index in [1.54, 1.807) is 31.5 Å². The minimum absolute atomic E-state index is 0.0000592. The summed E-state index contributed by atoms with van der Waals surface area (Å²) in [4.78, 5) is 27.8. The van der Waals surface area contributed by atoms with Gasteiger partial charge in [0, 0.05) is 55.0 Å². The molecular formula is C25H28ClFN6O3. The van der Waals surface area contributed by atoms with Crippen LogP contribution < -0.4 is 10.6 Å².